The number of ether oxygens (including phenoxy) is 1. The Morgan fingerprint density at radius 1 is 1.48 bits per heavy atom. The van der Waals surface area contributed by atoms with E-state index < -0.39 is 0 Å². The molecule has 5 heteroatoms. The van der Waals surface area contributed by atoms with Gasteiger partial charge >= 0.3 is 5.97 Å². The number of anilines is 1. The maximum absolute atomic E-state index is 12.0. The van der Waals surface area contributed by atoms with Crippen molar-refractivity contribution in [3.8, 4) is 0 Å². The maximum Gasteiger partial charge on any atom is 0.315 e. The molecule has 1 aromatic rings. The van der Waals surface area contributed by atoms with Crippen LogP contribution in [0.3, 0.4) is 0 Å². The van der Waals surface area contributed by atoms with Crippen LogP contribution in [0, 0.1) is 5.92 Å². The summed E-state index contributed by atoms with van der Waals surface area (Å²) in [5, 5.41) is 1.12. The van der Waals surface area contributed by atoms with Gasteiger partial charge < -0.3 is 9.64 Å². The Morgan fingerprint density at radius 3 is 3.00 bits per heavy atom. The Kier molecular flexibility index (Phi) is 4.20. The molecular formula is C16H24N2O2S. The highest BCUT2D eigenvalue weighted by molar-refractivity contribution is 7.15. The predicted molar refractivity (Wildman–Crippen MR) is 85.0 cm³/mol. The largest absolute Gasteiger partial charge is 0.465 e. The molecule has 0 amide bonds. The second kappa shape index (κ2) is 5.95. The van der Waals surface area contributed by atoms with Gasteiger partial charge in [-0.1, -0.05) is 13.8 Å². The third-order valence-electron chi connectivity index (χ3n) is 4.59. The number of esters is 1. The van der Waals surface area contributed by atoms with Gasteiger partial charge in [-0.2, -0.15) is 0 Å². The van der Waals surface area contributed by atoms with Crippen molar-refractivity contribution in [2.24, 2.45) is 5.92 Å². The van der Waals surface area contributed by atoms with Crippen LogP contribution < -0.4 is 4.90 Å². The molecular weight excluding hydrogens is 284 g/mol. The summed E-state index contributed by atoms with van der Waals surface area (Å²) >= 11 is 1.79. The fourth-order valence-electron chi connectivity index (χ4n) is 3.53. The molecule has 116 valence electrons. The lowest BCUT2D eigenvalue weighted by Crippen LogP contribution is -2.33. The molecule has 1 aromatic heterocycles. The van der Waals surface area contributed by atoms with Gasteiger partial charge in [0.1, 0.15) is 5.92 Å². The number of aryl methyl sites for hydroxylation is 1. The summed E-state index contributed by atoms with van der Waals surface area (Å²) < 4.78 is 5.19. The van der Waals surface area contributed by atoms with Crippen molar-refractivity contribution in [3.63, 3.8) is 0 Å². The molecule has 0 bridgehead atoms. The molecule has 2 aliphatic rings. The summed E-state index contributed by atoms with van der Waals surface area (Å²) in [6, 6.07) is 0.595. The van der Waals surface area contributed by atoms with E-state index in [1.165, 1.54) is 17.7 Å². The van der Waals surface area contributed by atoms with Crippen molar-refractivity contribution >= 4 is 22.4 Å². The SMILES string of the molecule is CCOC(=O)C1CCc2sc(N3CCCC3C(C)C)nc21. The van der Waals surface area contributed by atoms with Gasteiger partial charge in [0.2, 0.25) is 0 Å². The van der Waals surface area contributed by atoms with Gasteiger partial charge in [-0.05, 0) is 38.5 Å². The third kappa shape index (κ3) is 2.68. The molecule has 0 spiro atoms. The first kappa shape index (κ1) is 14.8. The smallest absolute Gasteiger partial charge is 0.315 e. The number of rotatable bonds is 4. The zero-order chi connectivity index (χ0) is 15.0. The standard InChI is InChI=1S/C16H24N2O2S/c1-4-20-15(19)11-7-8-13-14(11)17-16(21-13)18-9-5-6-12(18)10(2)3/h10-12H,4-9H2,1-3H3. The van der Waals surface area contributed by atoms with E-state index in [1.54, 1.807) is 11.3 Å². The third-order valence-corrected chi connectivity index (χ3v) is 5.76. The van der Waals surface area contributed by atoms with Crippen LogP contribution in [0.15, 0.2) is 0 Å². The topological polar surface area (TPSA) is 42.4 Å². The molecule has 0 aromatic carbocycles. The van der Waals surface area contributed by atoms with Crippen LogP contribution in [-0.2, 0) is 16.0 Å². The Hall–Kier alpha value is -1.10. The fourth-order valence-corrected chi connectivity index (χ4v) is 4.75. The zero-order valence-electron chi connectivity index (χ0n) is 13.1. The van der Waals surface area contributed by atoms with E-state index in [9.17, 15) is 4.79 Å². The quantitative estimate of drug-likeness (QED) is 0.800. The number of hydrogen-bond donors (Lipinski definition) is 0. The van der Waals surface area contributed by atoms with Crippen LogP contribution in [-0.4, -0.2) is 30.1 Å². The minimum atomic E-state index is -0.134. The van der Waals surface area contributed by atoms with Crippen LogP contribution >= 0.6 is 11.3 Å². The molecule has 3 rings (SSSR count). The van der Waals surface area contributed by atoms with E-state index in [1.807, 2.05) is 6.92 Å². The summed E-state index contributed by atoms with van der Waals surface area (Å²) in [5.74, 6) is 0.409. The van der Waals surface area contributed by atoms with E-state index >= 15 is 0 Å². The average molecular weight is 308 g/mol. The molecule has 2 atom stereocenters. The van der Waals surface area contributed by atoms with Crippen LogP contribution in [0.5, 0.6) is 0 Å². The van der Waals surface area contributed by atoms with E-state index in [0.717, 1.165) is 30.2 Å². The van der Waals surface area contributed by atoms with E-state index in [2.05, 4.69) is 18.7 Å². The molecule has 1 aliphatic heterocycles. The van der Waals surface area contributed by atoms with Crippen molar-refractivity contribution in [2.45, 2.75) is 58.4 Å². The van der Waals surface area contributed by atoms with Crippen molar-refractivity contribution < 1.29 is 9.53 Å². The summed E-state index contributed by atoms with van der Waals surface area (Å²) in [7, 11) is 0. The average Bonchev–Trinajstić information content (AvgIpc) is 3.12. The van der Waals surface area contributed by atoms with Gasteiger partial charge in [-0.25, -0.2) is 4.98 Å². The molecule has 1 fully saturated rings. The van der Waals surface area contributed by atoms with Gasteiger partial charge in [-0.15, -0.1) is 11.3 Å². The monoisotopic (exact) mass is 308 g/mol. The lowest BCUT2D eigenvalue weighted by molar-refractivity contribution is -0.145. The van der Waals surface area contributed by atoms with Gasteiger partial charge in [0, 0.05) is 17.5 Å². The number of carbonyl (C=O) groups excluding carboxylic acids is 1. The van der Waals surface area contributed by atoms with Crippen LogP contribution in [0.1, 0.15) is 56.5 Å². The normalized spacial score (nSPS) is 24.7. The van der Waals surface area contributed by atoms with Crippen molar-refractivity contribution in [3.05, 3.63) is 10.6 Å². The number of carbonyl (C=O) groups is 1. The number of nitrogens with zero attached hydrogens (tertiary/aromatic N) is 2. The first-order chi connectivity index (χ1) is 10.1. The number of hydrogen-bond acceptors (Lipinski definition) is 5. The summed E-state index contributed by atoms with van der Waals surface area (Å²) in [5.41, 5.74) is 0.989. The summed E-state index contributed by atoms with van der Waals surface area (Å²) in [6.07, 6.45) is 4.33. The molecule has 1 saturated heterocycles. The maximum atomic E-state index is 12.0. The second-order valence-corrected chi connectivity index (χ2v) is 7.36. The minimum Gasteiger partial charge on any atom is -0.465 e. The molecule has 21 heavy (non-hydrogen) atoms. The number of aromatic nitrogens is 1. The van der Waals surface area contributed by atoms with Gasteiger partial charge in [-0.3, -0.25) is 4.79 Å². The molecule has 0 N–H and O–H groups in total. The van der Waals surface area contributed by atoms with Crippen molar-refractivity contribution in [1.29, 1.82) is 0 Å². The van der Waals surface area contributed by atoms with Crippen molar-refractivity contribution in [2.75, 3.05) is 18.1 Å². The minimum absolute atomic E-state index is 0.102. The summed E-state index contributed by atoms with van der Waals surface area (Å²) in [4.78, 5) is 20.6. The van der Waals surface area contributed by atoms with Gasteiger partial charge in [0.15, 0.2) is 5.13 Å². The van der Waals surface area contributed by atoms with E-state index in [0.29, 0.717) is 18.6 Å². The highest BCUT2D eigenvalue weighted by Crippen LogP contribution is 2.42. The molecule has 4 nitrogen and oxygen atoms in total. The van der Waals surface area contributed by atoms with Gasteiger partial charge in [0.05, 0.1) is 12.3 Å². The van der Waals surface area contributed by atoms with E-state index in [4.69, 9.17) is 9.72 Å². The summed E-state index contributed by atoms with van der Waals surface area (Å²) in [6.45, 7) is 7.97. The Morgan fingerprint density at radius 2 is 2.29 bits per heavy atom. The molecule has 2 heterocycles. The fraction of sp³-hybridized carbons (Fsp3) is 0.750. The Bertz CT molecular complexity index is 526. The first-order valence-electron chi connectivity index (χ1n) is 8.04. The van der Waals surface area contributed by atoms with E-state index in [-0.39, 0.29) is 11.9 Å². The van der Waals surface area contributed by atoms with Gasteiger partial charge in [0.25, 0.3) is 0 Å². The highest BCUT2D eigenvalue weighted by atomic mass is 32.1. The van der Waals surface area contributed by atoms with Crippen LogP contribution in [0.4, 0.5) is 5.13 Å². The van der Waals surface area contributed by atoms with Crippen LogP contribution in [0.25, 0.3) is 0 Å². The lowest BCUT2D eigenvalue weighted by Gasteiger charge is -2.27. The number of thiazole rings is 1. The predicted octanol–water partition coefficient (Wildman–Crippen LogP) is 3.36. The molecule has 1 aliphatic carbocycles. The Labute approximate surface area is 130 Å². The van der Waals surface area contributed by atoms with Crippen molar-refractivity contribution in [1.82, 2.24) is 4.98 Å². The number of fused-ring (bicyclic) bond motifs is 1. The lowest BCUT2D eigenvalue weighted by atomic mass is 10.0. The second-order valence-electron chi connectivity index (χ2n) is 6.30. The molecule has 2 unspecified atom stereocenters. The zero-order valence-corrected chi connectivity index (χ0v) is 13.9. The Balaban J connectivity index is 1.82. The highest BCUT2D eigenvalue weighted by Gasteiger charge is 2.36. The molecule has 0 saturated carbocycles. The molecule has 0 radical (unpaired) electrons. The van der Waals surface area contributed by atoms with Crippen LogP contribution in [0.2, 0.25) is 0 Å². The first-order valence-corrected chi connectivity index (χ1v) is 8.86.